The Morgan fingerprint density at radius 3 is 2.80 bits per heavy atom. The molecule has 0 aliphatic carbocycles. The van der Waals surface area contributed by atoms with Gasteiger partial charge in [-0.15, -0.1) is 0 Å². The number of fused-ring (bicyclic) bond motifs is 1. The van der Waals surface area contributed by atoms with E-state index in [4.69, 9.17) is 4.42 Å². The highest BCUT2D eigenvalue weighted by atomic mass is 16.4. The fourth-order valence-electron chi connectivity index (χ4n) is 3.56. The Morgan fingerprint density at radius 2 is 2.04 bits per heavy atom. The van der Waals surface area contributed by atoms with Crippen LogP contribution in [0, 0.1) is 5.92 Å². The fraction of sp³-hybridized carbons (Fsp3) is 0.421. The van der Waals surface area contributed by atoms with Crippen molar-refractivity contribution in [2.75, 3.05) is 20.1 Å². The van der Waals surface area contributed by atoms with Crippen LogP contribution in [-0.4, -0.2) is 46.7 Å². The van der Waals surface area contributed by atoms with Crippen LogP contribution >= 0.6 is 0 Å². The molecule has 25 heavy (non-hydrogen) atoms. The maximum absolute atomic E-state index is 12.8. The van der Waals surface area contributed by atoms with Crippen molar-refractivity contribution >= 4 is 11.8 Å². The Hall–Kier alpha value is -2.63. The van der Waals surface area contributed by atoms with Gasteiger partial charge >= 0.3 is 0 Å². The SMILES string of the molecule is CN1CC(C(=O)N2CCc3oc(-c4ccccc4)nc3C2)CCC1=O. The van der Waals surface area contributed by atoms with Gasteiger partial charge in [-0.2, -0.15) is 0 Å². The van der Waals surface area contributed by atoms with Crippen LogP contribution in [0.3, 0.4) is 0 Å². The molecule has 1 unspecified atom stereocenters. The lowest BCUT2D eigenvalue weighted by molar-refractivity contribution is -0.142. The second-order valence-corrected chi connectivity index (χ2v) is 6.77. The molecule has 2 aliphatic rings. The zero-order valence-electron chi connectivity index (χ0n) is 14.3. The molecule has 0 saturated carbocycles. The number of carbonyl (C=O) groups excluding carboxylic acids is 2. The van der Waals surface area contributed by atoms with Gasteiger partial charge in [-0.1, -0.05) is 18.2 Å². The molecule has 1 aromatic carbocycles. The molecule has 0 bridgehead atoms. The zero-order chi connectivity index (χ0) is 17.4. The summed E-state index contributed by atoms with van der Waals surface area (Å²) in [6, 6.07) is 9.80. The Morgan fingerprint density at radius 1 is 1.24 bits per heavy atom. The number of hydrogen-bond acceptors (Lipinski definition) is 4. The van der Waals surface area contributed by atoms with Gasteiger partial charge in [-0.3, -0.25) is 9.59 Å². The van der Waals surface area contributed by atoms with E-state index in [1.54, 1.807) is 11.9 Å². The maximum atomic E-state index is 12.8. The minimum absolute atomic E-state index is 0.107. The Kier molecular flexibility index (Phi) is 4.03. The summed E-state index contributed by atoms with van der Waals surface area (Å²) >= 11 is 0. The van der Waals surface area contributed by atoms with Crippen LogP contribution < -0.4 is 0 Å². The molecule has 1 atom stereocenters. The van der Waals surface area contributed by atoms with Gasteiger partial charge in [-0.25, -0.2) is 4.98 Å². The van der Waals surface area contributed by atoms with E-state index in [-0.39, 0.29) is 17.7 Å². The highest BCUT2D eigenvalue weighted by Crippen LogP contribution is 2.28. The van der Waals surface area contributed by atoms with E-state index in [0.717, 1.165) is 17.0 Å². The second kappa shape index (κ2) is 6.35. The summed E-state index contributed by atoms with van der Waals surface area (Å²) in [6.45, 7) is 1.64. The average molecular weight is 339 g/mol. The third-order valence-corrected chi connectivity index (χ3v) is 5.04. The number of aromatic nitrogens is 1. The van der Waals surface area contributed by atoms with Crippen LogP contribution in [0.5, 0.6) is 0 Å². The Labute approximate surface area is 146 Å². The first-order valence-corrected chi connectivity index (χ1v) is 8.68. The molecule has 6 heteroatoms. The molecule has 0 radical (unpaired) electrons. The maximum Gasteiger partial charge on any atom is 0.227 e. The zero-order valence-corrected chi connectivity index (χ0v) is 14.3. The number of hydrogen-bond donors (Lipinski definition) is 0. The van der Waals surface area contributed by atoms with Crippen LogP contribution in [-0.2, 0) is 22.6 Å². The molecule has 1 aromatic heterocycles. The molecule has 130 valence electrons. The van der Waals surface area contributed by atoms with Gasteiger partial charge in [0.1, 0.15) is 11.5 Å². The van der Waals surface area contributed by atoms with Crippen LogP contribution in [0.15, 0.2) is 34.7 Å². The van der Waals surface area contributed by atoms with E-state index in [1.165, 1.54) is 0 Å². The largest absolute Gasteiger partial charge is 0.441 e. The molecular formula is C19H21N3O3. The number of oxazole rings is 1. The Balaban J connectivity index is 1.48. The molecule has 2 amide bonds. The third kappa shape index (κ3) is 3.04. The van der Waals surface area contributed by atoms with Crippen molar-refractivity contribution in [3.05, 3.63) is 41.8 Å². The molecule has 0 spiro atoms. The van der Waals surface area contributed by atoms with Gasteiger partial charge in [0.15, 0.2) is 0 Å². The van der Waals surface area contributed by atoms with Crippen molar-refractivity contribution in [1.29, 1.82) is 0 Å². The number of likely N-dealkylation sites (tertiary alicyclic amines) is 1. The summed E-state index contributed by atoms with van der Waals surface area (Å²) in [4.78, 5) is 32.6. The average Bonchev–Trinajstić information content (AvgIpc) is 3.07. The molecule has 3 heterocycles. The van der Waals surface area contributed by atoms with E-state index in [9.17, 15) is 9.59 Å². The summed E-state index contributed by atoms with van der Waals surface area (Å²) in [5.41, 5.74) is 1.79. The predicted molar refractivity (Wildman–Crippen MR) is 91.4 cm³/mol. The summed E-state index contributed by atoms with van der Waals surface area (Å²) in [5.74, 6) is 1.62. The van der Waals surface area contributed by atoms with E-state index in [2.05, 4.69) is 4.98 Å². The molecule has 2 aliphatic heterocycles. The number of carbonyl (C=O) groups is 2. The van der Waals surface area contributed by atoms with Crippen molar-refractivity contribution in [1.82, 2.24) is 14.8 Å². The number of amides is 2. The van der Waals surface area contributed by atoms with Gasteiger partial charge in [0.05, 0.1) is 12.5 Å². The highest BCUT2D eigenvalue weighted by molar-refractivity contribution is 5.83. The van der Waals surface area contributed by atoms with Gasteiger partial charge in [0, 0.05) is 38.5 Å². The van der Waals surface area contributed by atoms with Gasteiger partial charge in [0.2, 0.25) is 17.7 Å². The monoisotopic (exact) mass is 339 g/mol. The van der Waals surface area contributed by atoms with Gasteiger partial charge < -0.3 is 14.2 Å². The van der Waals surface area contributed by atoms with Gasteiger partial charge in [-0.05, 0) is 18.6 Å². The number of nitrogens with zero attached hydrogens (tertiary/aromatic N) is 3. The first-order valence-electron chi connectivity index (χ1n) is 8.68. The third-order valence-electron chi connectivity index (χ3n) is 5.04. The molecule has 6 nitrogen and oxygen atoms in total. The van der Waals surface area contributed by atoms with Crippen molar-refractivity contribution < 1.29 is 14.0 Å². The predicted octanol–water partition coefficient (Wildman–Crippen LogP) is 2.09. The number of rotatable bonds is 2. The van der Waals surface area contributed by atoms with E-state index in [0.29, 0.717) is 44.8 Å². The first-order chi connectivity index (χ1) is 12.1. The topological polar surface area (TPSA) is 66.7 Å². The molecule has 0 N–H and O–H groups in total. The van der Waals surface area contributed by atoms with E-state index >= 15 is 0 Å². The minimum atomic E-state index is -0.107. The van der Waals surface area contributed by atoms with Crippen molar-refractivity contribution in [2.45, 2.75) is 25.8 Å². The Bertz CT molecular complexity index is 800. The number of benzene rings is 1. The second-order valence-electron chi connectivity index (χ2n) is 6.77. The van der Waals surface area contributed by atoms with Crippen molar-refractivity contribution in [2.24, 2.45) is 5.92 Å². The summed E-state index contributed by atoms with van der Waals surface area (Å²) in [6.07, 6.45) is 1.77. The molecule has 1 saturated heterocycles. The standard InChI is InChI=1S/C19H21N3O3/c1-21-11-14(7-8-17(21)23)19(24)22-10-9-16-15(12-22)20-18(25-16)13-5-3-2-4-6-13/h2-6,14H,7-12H2,1H3. The van der Waals surface area contributed by atoms with Crippen LogP contribution in [0.4, 0.5) is 0 Å². The fourth-order valence-corrected chi connectivity index (χ4v) is 3.56. The van der Waals surface area contributed by atoms with Crippen LogP contribution in [0.2, 0.25) is 0 Å². The van der Waals surface area contributed by atoms with Crippen molar-refractivity contribution in [3.8, 4) is 11.5 Å². The summed E-state index contributed by atoms with van der Waals surface area (Å²) in [7, 11) is 1.76. The molecule has 1 fully saturated rings. The normalized spacial score (nSPS) is 20.5. The van der Waals surface area contributed by atoms with Crippen LogP contribution in [0.1, 0.15) is 24.3 Å². The molecular weight excluding hydrogens is 318 g/mol. The lowest BCUT2D eigenvalue weighted by atomic mass is 9.95. The number of piperidine rings is 1. The smallest absolute Gasteiger partial charge is 0.227 e. The quantitative estimate of drug-likeness (QED) is 0.840. The van der Waals surface area contributed by atoms with Crippen molar-refractivity contribution in [3.63, 3.8) is 0 Å². The van der Waals surface area contributed by atoms with Crippen LogP contribution in [0.25, 0.3) is 11.5 Å². The highest BCUT2D eigenvalue weighted by Gasteiger charge is 2.33. The minimum Gasteiger partial charge on any atom is -0.441 e. The van der Waals surface area contributed by atoms with Gasteiger partial charge in [0.25, 0.3) is 0 Å². The van der Waals surface area contributed by atoms with E-state index in [1.807, 2.05) is 35.2 Å². The lowest BCUT2D eigenvalue weighted by Crippen LogP contribution is -2.46. The molecule has 2 aromatic rings. The van der Waals surface area contributed by atoms with E-state index < -0.39 is 0 Å². The summed E-state index contributed by atoms with van der Waals surface area (Å²) in [5, 5.41) is 0. The summed E-state index contributed by atoms with van der Waals surface area (Å²) < 4.78 is 5.89. The molecule has 4 rings (SSSR count). The lowest BCUT2D eigenvalue weighted by Gasteiger charge is -2.34. The first kappa shape index (κ1) is 15.9.